The van der Waals surface area contributed by atoms with Gasteiger partial charge in [0.2, 0.25) is 5.91 Å². The van der Waals surface area contributed by atoms with Crippen molar-refractivity contribution in [1.29, 1.82) is 0 Å². The van der Waals surface area contributed by atoms with E-state index in [1.54, 1.807) is 25.6 Å². The van der Waals surface area contributed by atoms with Crippen LogP contribution in [0.3, 0.4) is 0 Å². The van der Waals surface area contributed by atoms with Crippen molar-refractivity contribution in [2.24, 2.45) is 0 Å². The van der Waals surface area contributed by atoms with Crippen molar-refractivity contribution in [1.82, 2.24) is 14.9 Å². The molecule has 0 saturated carbocycles. The second-order valence-corrected chi connectivity index (χ2v) is 8.81. The fourth-order valence-electron chi connectivity index (χ4n) is 4.60. The first kappa shape index (κ1) is 22.7. The molecule has 1 N–H and O–H groups in total. The zero-order chi connectivity index (χ0) is 24.0. The first-order valence-corrected chi connectivity index (χ1v) is 11.9. The summed E-state index contributed by atoms with van der Waals surface area (Å²) in [4.78, 5) is 22.2. The van der Waals surface area contributed by atoms with E-state index in [0.29, 0.717) is 12.5 Å². The lowest BCUT2D eigenvalue weighted by atomic mass is 9.89. The van der Waals surface area contributed by atoms with Gasteiger partial charge in [0.1, 0.15) is 18.1 Å². The van der Waals surface area contributed by atoms with Crippen molar-refractivity contribution < 1.29 is 14.3 Å². The lowest BCUT2D eigenvalue weighted by molar-refractivity contribution is -0.126. The lowest BCUT2D eigenvalue weighted by Gasteiger charge is -2.31. The standard InChI is InChI=1S/C29H29N3O3/c1-34-25-9-10-28-26(17-25)27(19-31-28)23-12-15-32(16-13-23)29(33)11-6-21-4-7-24(8-5-21)35-20-22-3-2-14-30-18-22/h2-11,14,17-19,23,31H,12-13,15-16,20H2,1H3/b11-6+. The smallest absolute Gasteiger partial charge is 0.246 e. The van der Waals surface area contributed by atoms with Gasteiger partial charge in [-0.05, 0) is 72.4 Å². The molecule has 3 heterocycles. The van der Waals surface area contributed by atoms with Crippen LogP contribution in [0.15, 0.2) is 79.3 Å². The molecule has 6 nitrogen and oxygen atoms in total. The van der Waals surface area contributed by atoms with E-state index >= 15 is 0 Å². The van der Waals surface area contributed by atoms with Gasteiger partial charge in [0.15, 0.2) is 0 Å². The van der Waals surface area contributed by atoms with Crippen LogP contribution in [0.25, 0.3) is 17.0 Å². The Morgan fingerprint density at radius 1 is 1.11 bits per heavy atom. The highest BCUT2D eigenvalue weighted by molar-refractivity contribution is 5.92. The summed E-state index contributed by atoms with van der Waals surface area (Å²) in [6.45, 7) is 1.99. The summed E-state index contributed by atoms with van der Waals surface area (Å²) in [5.74, 6) is 2.14. The summed E-state index contributed by atoms with van der Waals surface area (Å²) in [7, 11) is 1.69. The molecule has 1 aliphatic rings. The Balaban J connectivity index is 1.14. The Bertz CT molecular complexity index is 1300. The van der Waals surface area contributed by atoms with E-state index in [0.717, 1.165) is 54.1 Å². The molecule has 35 heavy (non-hydrogen) atoms. The number of aromatic nitrogens is 2. The van der Waals surface area contributed by atoms with Crippen molar-refractivity contribution in [2.75, 3.05) is 20.2 Å². The number of nitrogens with one attached hydrogen (secondary N) is 1. The first-order chi connectivity index (χ1) is 17.2. The molecule has 6 heteroatoms. The van der Waals surface area contributed by atoms with Crippen molar-refractivity contribution in [3.8, 4) is 11.5 Å². The summed E-state index contributed by atoms with van der Waals surface area (Å²) >= 11 is 0. The van der Waals surface area contributed by atoms with Gasteiger partial charge in [-0.1, -0.05) is 18.2 Å². The minimum Gasteiger partial charge on any atom is -0.497 e. The van der Waals surface area contributed by atoms with Crippen LogP contribution in [0.5, 0.6) is 11.5 Å². The number of piperidine rings is 1. The Morgan fingerprint density at radius 2 is 1.91 bits per heavy atom. The number of aromatic amines is 1. The molecule has 0 atom stereocenters. The van der Waals surface area contributed by atoms with Crippen LogP contribution >= 0.6 is 0 Å². The predicted molar refractivity (Wildman–Crippen MR) is 137 cm³/mol. The SMILES string of the molecule is COc1ccc2[nH]cc(C3CCN(C(=O)/C=C/c4ccc(OCc5cccnc5)cc4)CC3)c2c1. The van der Waals surface area contributed by atoms with E-state index in [9.17, 15) is 4.79 Å². The highest BCUT2D eigenvalue weighted by Gasteiger charge is 2.24. The van der Waals surface area contributed by atoms with Crippen LogP contribution < -0.4 is 9.47 Å². The van der Waals surface area contributed by atoms with E-state index in [-0.39, 0.29) is 5.91 Å². The Hall–Kier alpha value is -4.06. The van der Waals surface area contributed by atoms with Gasteiger partial charge in [0.25, 0.3) is 0 Å². The number of fused-ring (bicyclic) bond motifs is 1. The minimum atomic E-state index is 0.0564. The van der Waals surface area contributed by atoms with Crippen molar-refractivity contribution >= 4 is 22.9 Å². The number of hydrogen-bond donors (Lipinski definition) is 1. The van der Waals surface area contributed by atoms with E-state index in [2.05, 4.69) is 28.3 Å². The number of carbonyl (C=O) groups excluding carboxylic acids is 1. The van der Waals surface area contributed by atoms with Gasteiger partial charge >= 0.3 is 0 Å². The zero-order valence-electron chi connectivity index (χ0n) is 19.8. The van der Waals surface area contributed by atoms with Crippen LogP contribution in [-0.4, -0.2) is 41.0 Å². The molecule has 0 radical (unpaired) electrons. The maximum Gasteiger partial charge on any atom is 0.246 e. The maximum atomic E-state index is 12.8. The highest BCUT2D eigenvalue weighted by Crippen LogP contribution is 2.34. The molecule has 0 spiro atoms. The number of pyridine rings is 1. The number of nitrogens with zero attached hydrogens (tertiary/aromatic N) is 2. The molecule has 1 aliphatic heterocycles. The molecule has 0 unspecified atom stereocenters. The van der Waals surface area contributed by atoms with Crippen LogP contribution in [0.4, 0.5) is 0 Å². The summed E-state index contributed by atoms with van der Waals surface area (Å²) < 4.78 is 11.2. The Kier molecular flexibility index (Phi) is 6.80. The number of amides is 1. The fraction of sp³-hybridized carbons (Fsp3) is 0.241. The Morgan fingerprint density at radius 3 is 2.66 bits per heavy atom. The molecular weight excluding hydrogens is 438 g/mol. The van der Waals surface area contributed by atoms with Gasteiger partial charge in [-0.25, -0.2) is 0 Å². The molecule has 0 bridgehead atoms. The number of carbonyl (C=O) groups is 1. The minimum absolute atomic E-state index is 0.0564. The molecular formula is C29H29N3O3. The third kappa shape index (κ3) is 5.38. The molecule has 4 aromatic rings. The molecule has 2 aromatic carbocycles. The quantitative estimate of drug-likeness (QED) is 0.361. The van der Waals surface area contributed by atoms with Gasteiger partial charge in [-0.2, -0.15) is 0 Å². The normalized spacial score (nSPS) is 14.5. The van der Waals surface area contributed by atoms with Gasteiger partial charge < -0.3 is 19.4 Å². The molecule has 0 aliphatic carbocycles. The number of likely N-dealkylation sites (tertiary alicyclic amines) is 1. The van der Waals surface area contributed by atoms with E-state index in [1.165, 1.54) is 10.9 Å². The number of methoxy groups -OCH3 is 1. The van der Waals surface area contributed by atoms with E-state index < -0.39 is 0 Å². The van der Waals surface area contributed by atoms with E-state index in [4.69, 9.17) is 9.47 Å². The summed E-state index contributed by atoms with van der Waals surface area (Å²) in [6.07, 6.45) is 11.1. The molecule has 2 aromatic heterocycles. The number of H-pyrrole nitrogens is 1. The maximum absolute atomic E-state index is 12.8. The topological polar surface area (TPSA) is 67.5 Å². The van der Waals surface area contributed by atoms with Crippen LogP contribution in [-0.2, 0) is 11.4 Å². The first-order valence-electron chi connectivity index (χ1n) is 11.9. The highest BCUT2D eigenvalue weighted by atomic mass is 16.5. The largest absolute Gasteiger partial charge is 0.497 e. The third-order valence-corrected chi connectivity index (χ3v) is 6.59. The van der Waals surface area contributed by atoms with E-state index in [1.807, 2.05) is 53.4 Å². The van der Waals surface area contributed by atoms with Crippen molar-refractivity contribution in [3.63, 3.8) is 0 Å². The number of ether oxygens (including phenoxy) is 2. The molecule has 178 valence electrons. The molecule has 1 saturated heterocycles. The monoisotopic (exact) mass is 467 g/mol. The lowest BCUT2D eigenvalue weighted by Crippen LogP contribution is -2.36. The van der Waals surface area contributed by atoms with Crippen LogP contribution in [0.1, 0.15) is 35.4 Å². The van der Waals surface area contributed by atoms with Gasteiger partial charge in [-0.15, -0.1) is 0 Å². The zero-order valence-corrected chi connectivity index (χ0v) is 19.8. The second kappa shape index (κ2) is 10.5. The van der Waals surface area contributed by atoms with Gasteiger partial charge in [0.05, 0.1) is 7.11 Å². The van der Waals surface area contributed by atoms with Crippen LogP contribution in [0.2, 0.25) is 0 Å². The number of benzene rings is 2. The number of rotatable bonds is 7. The molecule has 5 rings (SSSR count). The van der Waals surface area contributed by atoms with Crippen molar-refractivity contribution in [2.45, 2.75) is 25.4 Å². The summed E-state index contributed by atoms with van der Waals surface area (Å²) in [5.41, 5.74) is 4.42. The second-order valence-electron chi connectivity index (χ2n) is 8.81. The summed E-state index contributed by atoms with van der Waals surface area (Å²) in [5, 5.41) is 1.21. The summed E-state index contributed by atoms with van der Waals surface area (Å²) in [6, 6.07) is 17.8. The fourth-order valence-corrected chi connectivity index (χ4v) is 4.60. The molecule has 1 fully saturated rings. The average Bonchev–Trinajstić information content (AvgIpc) is 3.35. The average molecular weight is 468 g/mol. The molecule has 1 amide bonds. The Labute approximate surface area is 205 Å². The number of hydrogen-bond acceptors (Lipinski definition) is 4. The van der Waals surface area contributed by atoms with Crippen LogP contribution in [0, 0.1) is 0 Å². The van der Waals surface area contributed by atoms with Gasteiger partial charge in [0, 0.05) is 54.2 Å². The van der Waals surface area contributed by atoms with Gasteiger partial charge in [-0.3, -0.25) is 9.78 Å². The van der Waals surface area contributed by atoms with Crippen molar-refractivity contribution in [3.05, 3.63) is 96.0 Å². The third-order valence-electron chi connectivity index (χ3n) is 6.59. The predicted octanol–water partition coefficient (Wildman–Crippen LogP) is 5.57.